The minimum Gasteiger partial charge on any atom is -0.313 e. The van der Waals surface area contributed by atoms with E-state index in [1.807, 2.05) is 0 Å². The molecule has 0 atom stereocenters. The standard InChI is InChI=1S/C9H10FNO/c1-11-6-9(12)7-2-4-8(10)5-3-7/h2-5,11H,6H2,1H3. The van der Waals surface area contributed by atoms with Gasteiger partial charge in [0.1, 0.15) is 5.82 Å². The maximum absolute atomic E-state index is 12.4. The van der Waals surface area contributed by atoms with Crippen molar-refractivity contribution in [1.82, 2.24) is 5.32 Å². The summed E-state index contributed by atoms with van der Waals surface area (Å²) in [4.78, 5) is 11.2. The summed E-state index contributed by atoms with van der Waals surface area (Å²) in [5, 5.41) is 2.74. The van der Waals surface area contributed by atoms with E-state index in [4.69, 9.17) is 0 Å². The van der Waals surface area contributed by atoms with Crippen molar-refractivity contribution >= 4 is 5.78 Å². The van der Waals surface area contributed by atoms with Crippen molar-refractivity contribution < 1.29 is 9.18 Å². The average molecular weight is 167 g/mol. The molecule has 3 heteroatoms. The molecule has 0 amide bonds. The molecule has 0 saturated heterocycles. The third-order valence-electron chi connectivity index (χ3n) is 1.50. The second-order valence-corrected chi connectivity index (χ2v) is 2.46. The number of ketones is 1. The quantitative estimate of drug-likeness (QED) is 0.686. The van der Waals surface area contributed by atoms with Gasteiger partial charge in [-0.3, -0.25) is 4.79 Å². The maximum Gasteiger partial charge on any atom is 0.176 e. The molecule has 0 saturated carbocycles. The predicted octanol–water partition coefficient (Wildman–Crippen LogP) is 1.23. The molecule has 0 heterocycles. The number of halogens is 1. The second kappa shape index (κ2) is 3.97. The second-order valence-electron chi connectivity index (χ2n) is 2.46. The number of carbonyl (C=O) groups is 1. The molecule has 1 N–H and O–H groups in total. The van der Waals surface area contributed by atoms with Crippen LogP contribution in [0.15, 0.2) is 24.3 Å². The molecule has 0 spiro atoms. The first-order valence-corrected chi connectivity index (χ1v) is 3.67. The van der Waals surface area contributed by atoms with Crippen LogP contribution in [-0.4, -0.2) is 19.4 Å². The lowest BCUT2D eigenvalue weighted by atomic mass is 10.1. The van der Waals surface area contributed by atoms with E-state index in [1.165, 1.54) is 24.3 Å². The van der Waals surface area contributed by atoms with Crippen molar-refractivity contribution in [2.75, 3.05) is 13.6 Å². The van der Waals surface area contributed by atoms with Crippen molar-refractivity contribution in [2.45, 2.75) is 0 Å². The van der Waals surface area contributed by atoms with E-state index in [0.29, 0.717) is 5.56 Å². The number of Topliss-reactive ketones (excluding diaryl/α,β-unsaturated/α-hetero) is 1. The van der Waals surface area contributed by atoms with Crippen molar-refractivity contribution in [1.29, 1.82) is 0 Å². The van der Waals surface area contributed by atoms with Gasteiger partial charge in [0, 0.05) is 5.56 Å². The van der Waals surface area contributed by atoms with Crippen LogP contribution in [0.3, 0.4) is 0 Å². The molecule has 0 unspecified atom stereocenters. The molecule has 2 nitrogen and oxygen atoms in total. The van der Waals surface area contributed by atoms with Gasteiger partial charge in [0.05, 0.1) is 6.54 Å². The molecule has 0 aliphatic heterocycles. The van der Waals surface area contributed by atoms with Crippen molar-refractivity contribution in [3.05, 3.63) is 35.6 Å². The highest BCUT2D eigenvalue weighted by Gasteiger charge is 2.02. The fraction of sp³-hybridized carbons (Fsp3) is 0.222. The molecular weight excluding hydrogens is 157 g/mol. The number of benzene rings is 1. The number of carbonyl (C=O) groups excluding carboxylic acids is 1. The fourth-order valence-electron chi connectivity index (χ4n) is 0.898. The summed E-state index contributed by atoms with van der Waals surface area (Å²) in [6.45, 7) is 0.283. The maximum atomic E-state index is 12.4. The third kappa shape index (κ3) is 2.13. The van der Waals surface area contributed by atoms with Gasteiger partial charge in [0.25, 0.3) is 0 Å². The highest BCUT2D eigenvalue weighted by atomic mass is 19.1. The lowest BCUT2D eigenvalue weighted by Crippen LogP contribution is -2.18. The van der Waals surface area contributed by atoms with Crippen LogP contribution in [0.1, 0.15) is 10.4 Å². The first-order chi connectivity index (χ1) is 5.74. The third-order valence-corrected chi connectivity index (χ3v) is 1.50. The Morgan fingerprint density at radius 1 is 1.42 bits per heavy atom. The molecule has 0 radical (unpaired) electrons. The van der Waals surface area contributed by atoms with E-state index >= 15 is 0 Å². The summed E-state index contributed by atoms with van der Waals surface area (Å²) in [5.74, 6) is -0.353. The number of rotatable bonds is 3. The van der Waals surface area contributed by atoms with Crippen LogP contribution < -0.4 is 5.32 Å². The number of nitrogens with one attached hydrogen (secondary N) is 1. The summed E-state index contributed by atoms with van der Waals surface area (Å²) in [6.07, 6.45) is 0. The van der Waals surface area contributed by atoms with Crippen LogP contribution in [0.5, 0.6) is 0 Å². The average Bonchev–Trinajstić information content (AvgIpc) is 2.06. The molecule has 12 heavy (non-hydrogen) atoms. The van der Waals surface area contributed by atoms with Gasteiger partial charge in [0.2, 0.25) is 0 Å². The van der Waals surface area contributed by atoms with E-state index < -0.39 is 0 Å². The van der Waals surface area contributed by atoms with Crippen LogP contribution in [0.25, 0.3) is 0 Å². The first-order valence-electron chi connectivity index (χ1n) is 3.67. The van der Waals surface area contributed by atoms with Gasteiger partial charge in [-0.2, -0.15) is 0 Å². The van der Waals surface area contributed by atoms with Crippen LogP contribution in [0, 0.1) is 5.82 Å². The Bertz CT molecular complexity index is 268. The zero-order chi connectivity index (χ0) is 8.97. The predicted molar refractivity (Wildman–Crippen MR) is 44.7 cm³/mol. The van der Waals surface area contributed by atoms with E-state index in [-0.39, 0.29) is 18.1 Å². The van der Waals surface area contributed by atoms with Crippen molar-refractivity contribution in [3.8, 4) is 0 Å². The molecule has 1 rings (SSSR count). The van der Waals surface area contributed by atoms with Gasteiger partial charge in [-0.25, -0.2) is 4.39 Å². The normalized spacial score (nSPS) is 9.83. The Kier molecular flexibility index (Phi) is 2.94. The van der Waals surface area contributed by atoms with E-state index in [9.17, 15) is 9.18 Å². The molecule has 0 aromatic heterocycles. The molecule has 0 fully saturated rings. The highest BCUT2D eigenvalue weighted by molar-refractivity contribution is 5.97. The number of hydrogen-bond donors (Lipinski definition) is 1. The number of likely N-dealkylation sites (N-methyl/N-ethyl adjacent to an activating group) is 1. The SMILES string of the molecule is CNCC(=O)c1ccc(F)cc1. The van der Waals surface area contributed by atoms with E-state index in [0.717, 1.165) is 0 Å². The van der Waals surface area contributed by atoms with Crippen LogP contribution in [0.4, 0.5) is 4.39 Å². The number of hydrogen-bond acceptors (Lipinski definition) is 2. The molecular formula is C9H10FNO. The van der Waals surface area contributed by atoms with Crippen molar-refractivity contribution in [2.24, 2.45) is 0 Å². The zero-order valence-electron chi connectivity index (χ0n) is 6.80. The smallest absolute Gasteiger partial charge is 0.176 e. The topological polar surface area (TPSA) is 29.1 Å². The van der Waals surface area contributed by atoms with Gasteiger partial charge in [-0.05, 0) is 31.3 Å². The van der Waals surface area contributed by atoms with Crippen LogP contribution in [-0.2, 0) is 0 Å². The minimum absolute atomic E-state index is 0.0301. The Hall–Kier alpha value is -1.22. The molecule has 0 aliphatic carbocycles. The molecule has 64 valence electrons. The summed E-state index contributed by atoms with van der Waals surface area (Å²) < 4.78 is 12.4. The summed E-state index contributed by atoms with van der Waals surface area (Å²) >= 11 is 0. The molecule has 1 aromatic rings. The Balaban J connectivity index is 2.75. The molecule has 0 bridgehead atoms. The summed E-state index contributed by atoms with van der Waals surface area (Å²) in [6, 6.07) is 5.52. The van der Waals surface area contributed by atoms with E-state index in [2.05, 4.69) is 5.32 Å². The van der Waals surface area contributed by atoms with Gasteiger partial charge >= 0.3 is 0 Å². The minimum atomic E-state index is -0.323. The summed E-state index contributed by atoms with van der Waals surface area (Å²) in [7, 11) is 1.70. The first kappa shape index (κ1) is 8.87. The summed E-state index contributed by atoms with van der Waals surface area (Å²) in [5.41, 5.74) is 0.533. The van der Waals surface area contributed by atoms with Gasteiger partial charge in [-0.1, -0.05) is 0 Å². The van der Waals surface area contributed by atoms with E-state index in [1.54, 1.807) is 7.05 Å². The lowest BCUT2D eigenvalue weighted by molar-refractivity contribution is 0.0993. The fourth-order valence-corrected chi connectivity index (χ4v) is 0.898. The Morgan fingerprint density at radius 2 is 2.00 bits per heavy atom. The van der Waals surface area contributed by atoms with Crippen LogP contribution >= 0.6 is 0 Å². The monoisotopic (exact) mass is 167 g/mol. The van der Waals surface area contributed by atoms with Crippen LogP contribution in [0.2, 0.25) is 0 Å². The largest absolute Gasteiger partial charge is 0.313 e. The van der Waals surface area contributed by atoms with Gasteiger partial charge in [0.15, 0.2) is 5.78 Å². The van der Waals surface area contributed by atoms with Gasteiger partial charge < -0.3 is 5.32 Å². The Morgan fingerprint density at radius 3 is 2.50 bits per heavy atom. The molecule has 1 aromatic carbocycles. The lowest BCUT2D eigenvalue weighted by Gasteiger charge is -1.98. The highest BCUT2D eigenvalue weighted by Crippen LogP contribution is 2.02. The van der Waals surface area contributed by atoms with Gasteiger partial charge in [-0.15, -0.1) is 0 Å². The molecule has 0 aliphatic rings. The zero-order valence-corrected chi connectivity index (χ0v) is 6.80. The Labute approximate surface area is 70.4 Å². The van der Waals surface area contributed by atoms with Crippen molar-refractivity contribution in [3.63, 3.8) is 0 Å².